The molecule has 0 heterocycles. The minimum absolute atomic E-state index is 0.862. The predicted molar refractivity (Wildman–Crippen MR) is 177 cm³/mol. The molecule has 0 amide bonds. The van der Waals surface area contributed by atoms with E-state index in [0.29, 0.717) is 0 Å². The van der Waals surface area contributed by atoms with E-state index in [1.165, 1.54) is 22.3 Å². The van der Waals surface area contributed by atoms with Crippen LogP contribution in [-0.2, 0) is 36.9 Å². The number of fused-ring (bicyclic) bond motifs is 4. The highest BCUT2D eigenvalue weighted by molar-refractivity contribution is 5.67. The second-order valence-corrected chi connectivity index (χ2v) is 12.2. The highest BCUT2D eigenvalue weighted by Crippen LogP contribution is 2.45. The summed E-state index contributed by atoms with van der Waals surface area (Å²) in [5, 5.41) is 25.1. The van der Waals surface area contributed by atoms with Crippen molar-refractivity contribution in [1.82, 2.24) is 0 Å². The van der Waals surface area contributed by atoms with Crippen molar-refractivity contribution in [2.24, 2.45) is 0 Å². The number of aliphatic hydroxyl groups is 2. The predicted octanol–water partition coefficient (Wildman–Crippen LogP) is 8.12. The first-order valence-corrected chi connectivity index (χ1v) is 15.6. The van der Waals surface area contributed by atoms with Crippen LogP contribution in [0.4, 0.5) is 0 Å². The normalized spacial score (nSPS) is 16.0. The Balaban J connectivity index is 1.19. The van der Waals surface area contributed by atoms with Gasteiger partial charge in [-0.2, -0.15) is 0 Å². The van der Waals surface area contributed by atoms with Gasteiger partial charge in [-0.05, 0) is 92.4 Å². The van der Waals surface area contributed by atoms with Crippen LogP contribution in [0.1, 0.15) is 55.6 Å². The van der Waals surface area contributed by atoms with E-state index < -0.39 is 11.2 Å². The first-order valence-electron chi connectivity index (χ1n) is 15.6. The molecule has 6 aromatic carbocycles. The van der Waals surface area contributed by atoms with Crippen LogP contribution in [0.15, 0.2) is 146 Å². The van der Waals surface area contributed by atoms with Crippen molar-refractivity contribution in [2.75, 3.05) is 0 Å². The lowest BCUT2D eigenvalue weighted by molar-refractivity contribution is 0.124. The Morgan fingerprint density at radius 1 is 0.318 bits per heavy atom. The van der Waals surface area contributed by atoms with Gasteiger partial charge in [0.2, 0.25) is 0 Å². The van der Waals surface area contributed by atoms with Crippen molar-refractivity contribution >= 4 is 0 Å². The molecule has 44 heavy (non-hydrogen) atoms. The van der Waals surface area contributed by atoms with Gasteiger partial charge in [0.05, 0.1) is 0 Å². The molecule has 0 fully saturated rings. The highest BCUT2D eigenvalue weighted by Gasteiger charge is 2.40. The Morgan fingerprint density at radius 2 is 0.568 bits per heavy atom. The maximum atomic E-state index is 12.6. The number of aryl methyl sites for hydroxylation is 4. The Hall–Kier alpha value is -4.76. The molecule has 0 atom stereocenters. The third-order valence-electron chi connectivity index (χ3n) is 9.89. The fourth-order valence-corrected chi connectivity index (χ4v) is 7.62. The zero-order valence-electron chi connectivity index (χ0n) is 24.6. The summed E-state index contributed by atoms with van der Waals surface area (Å²) in [6.45, 7) is 0. The van der Waals surface area contributed by atoms with E-state index in [-0.39, 0.29) is 0 Å². The number of hydrogen-bond donors (Lipinski definition) is 2. The molecule has 0 spiro atoms. The summed E-state index contributed by atoms with van der Waals surface area (Å²) < 4.78 is 0. The number of hydrogen-bond acceptors (Lipinski definition) is 2. The van der Waals surface area contributed by atoms with Crippen LogP contribution in [0, 0.1) is 0 Å². The summed E-state index contributed by atoms with van der Waals surface area (Å²) >= 11 is 0. The van der Waals surface area contributed by atoms with E-state index in [9.17, 15) is 10.2 Å². The maximum Gasteiger partial charge on any atom is 0.141 e. The fraction of sp³-hybridized carbons (Fsp3) is 0.143. The van der Waals surface area contributed by atoms with Gasteiger partial charge in [-0.15, -0.1) is 0 Å². The van der Waals surface area contributed by atoms with Gasteiger partial charge in [0.1, 0.15) is 11.2 Å². The molecule has 8 rings (SSSR count). The molecule has 0 aromatic heterocycles. The molecule has 2 N–H and O–H groups in total. The van der Waals surface area contributed by atoms with Crippen molar-refractivity contribution in [2.45, 2.75) is 36.9 Å². The zero-order valence-corrected chi connectivity index (χ0v) is 24.6. The van der Waals surface area contributed by atoms with Crippen molar-refractivity contribution in [3.8, 4) is 11.1 Å². The molecule has 0 bridgehead atoms. The SMILES string of the molecule is OC1(c2ccc(-c3ccc(C4(O)c5ccccc5CCc5ccccc54)cc3)cc2)c2ccccc2CCc2ccccc21. The van der Waals surface area contributed by atoms with Gasteiger partial charge in [-0.3, -0.25) is 0 Å². The summed E-state index contributed by atoms with van der Waals surface area (Å²) in [7, 11) is 0. The van der Waals surface area contributed by atoms with Crippen molar-refractivity contribution in [3.63, 3.8) is 0 Å². The van der Waals surface area contributed by atoms with Gasteiger partial charge < -0.3 is 10.2 Å². The van der Waals surface area contributed by atoms with E-state index >= 15 is 0 Å². The van der Waals surface area contributed by atoms with Gasteiger partial charge in [0, 0.05) is 0 Å². The van der Waals surface area contributed by atoms with Gasteiger partial charge in [0.25, 0.3) is 0 Å². The molecule has 6 aromatic rings. The summed E-state index contributed by atoms with van der Waals surface area (Å²) in [5.74, 6) is 0. The average Bonchev–Trinajstić information content (AvgIpc) is 3.31. The Kier molecular flexibility index (Phi) is 6.37. The third kappa shape index (κ3) is 4.10. The Morgan fingerprint density at radius 3 is 0.841 bits per heavy atom. The smallest absolute Gasteiger partial charge is 0.141 e. The average molecular weight is 571 g/mol. The molecule has 2 nitrogen and oxygen atoms in total. The minimum Gasteiger partial charge on any atom is -0.376 e. The third-order valence-corrected chi connectivity index (χ3v) is 9.89. The summed E-state index contributed by atoms with van der Waals surface area (Å²) in [5.41, 5.74) is 9.97. The molecular weight excluding hydrogens is 536 g/mol. The lowest BCUT2D eigenvalue weighted by Gasteiger charge is -2.32. The first-order chi connectivity index (χ1) is 21.6. The van der Waals surface area contributed by atoms with Crippen LogP contribution in [0.2, 0.25) is 0 Å². The summed E-state index contributed by atoms with van der Waals surface area (Å²) in [6, 6.07) is 49.8. The first kappa shape index (κ1) is 26.8. The molecule has 2 aliphatic rings. The minimum atomic E-state index is -1.23. The zero-order chi connectivity index (χ0) is 29.7. The monoisotopic (exact) mass is 570 g/mol. The van der Waals surface area contributed by atoms with Crippen LogP contribution in [0.25, 0.3) is 11.1 Å². The van der Waals surface area contributed by atoms with E-state index in [4.69, 9.17) is 0 Å². The second kappa shape index (κ2) is 10.4. The molecule has 0 unspecified atom stereocenters. The van der Waals surface area contributed by atoms with Gasteiger partial charge in [-0.25, -0.2) is 0 Å². The quantitative estimate of drug-likeness (QED) is 0.226. The van der Waals surface area contributed by atoms with Crippen molar-refractivity contribution in [1.29, 1.82) is 0 Å². The highest BCUT2D eigenvalue weighted by atomic mass is 16.3. The lowest BCUT2D eigenvalue weighted by atomic mass is 9.77. The summed E-state index contributed by atoms with van der Waals surface area (Å²) in [6.07, 6.45) is 3.62. The second-order valence-electron chi connectivity index (χ2n) is 12.2. The van der Waals surface area contributed by atoms with Crippen molar-refractivity contribution < 1.29 is 10.2 Å². The molecule has 2 aliphatic carbocycles. The van der Waals surface area contributed by atoms with Gasteiger partial charge >= 0.3 is 0 Å². The molecule has 0 saturated heterocycles. The van der Waals surface area contributed by atoms with E-state index in [2.05, 4.69) is 121 Å². The standard InChI is InChI=1S/C42H34O2/c43-41(37-13-5-1-9-31(37)17-18-32-10-2-6-14-38(32)41)35-25-21-29(22-26-35)30-23-27-36(28-24-30)42(44)39-15-7-3-11-33(39)19-20-34-12-4-8-16-40(34)42/h1-16,21-28,43-44H,17-20H2. The van der Waals surface area contributed by atoms with E-state index in [1.807, 2.05) is 24.3 Å². The fourth-order valence-electron chi connectivity index (χ4n) is 7.62. The van der Waals surface area contributed by atoms with E-state index in [1.54, 1.807) is 0 Å². The number of rotatable bonds is 3. The Bertz CT molecular complexity index is 1740. The van der Waals surface area contributed by atoms with Crippen LogP contribution in [-0.4, -0.2) is 10.2 Å². The van der Waals surface area contributed by atoms with Crippen LogP contribution in [0.5, 0.6) is 0 Å². The molecule has 0 aliphatic heterocycles. The number of benzene rings is 6. The molecule has 2 heteroatoms. The maximum absolute atomic E-state index is 12.6. The van der Waals surface area contributed by atoms with Gasteiger partial charge in [0.15, 0.2) is 0 Å². The molecular formula is C42H34O2. The van der Waals surface area contributed by atoms with E-state index in [0.717, 1.165) is 70.2 Å². The van der Waals surface area contributed by atoms with Crippen molar-refractivity contribution in [3.05, 3.63) is 201 Å². The molecule has 0 saturated carbocycles. The Labute approximate surface area is 258 Å². The molecule has 0 radical (unpaired) electrons. The van der Waals surface area contributed by atoms with Gasteiger partial charge in [-0.1, -0.05) is 146 Å². The topological polar surface area (TPSA) is 40.5 Å². The molecule has 214 valence electrons. The van der Waals surface area contributed by atoms with Crippen LogP contribution in [0.3, 0.4) is 0 Å². The largest absolute Gasteiger partial charge is 0.376 e. The van der Waals surface area contributed by atoms with Crippen LogP contribution >= 0.6 is 0 Å². The van der Waals surface area contributed by atoms with Crippen LogP contribution < -0.4 is 0 Å². The lowest BCUT2D eigenvalue weighted by Crippen LogP contribution is -2.30. The summed E-state index contributed by atoms with van der Waals surface area (Å²) in [4.78, 5) is 0.